The van der Waals surface area contributed by atoms with Crippen molar-refractivity contribution in [2.45, 2.75) is 6.54 Å². The van der Waals surface area contributed by atoms with Gasteiger partial charge in [0.1, 0.15) is 0 Å². The highest BCUT2D eigenvalue weighted by molar-refractivity contribution is 6.00. The smallest absolute Gasteiger partial charge is 0.270 e. The van der Waals surface area contributed by atoms with Crippen LogP contribution in [0, 0.1) is 10.1 Å². The Hall–Kier alpha value is -3.29. The van der Waals surface area contributed by atoms with Gasteiger partial charge in [-0.25, -0.2) is 0 Å². The molecule has 3 rings (SSSR count). The van der Waals surface area contributed by atoms with E-state index in [1.807, 2.05) is 12.1 Å². The molecule has 0 fully saturated rings. The standard InChI is InChI=1S/C18H19N3O5/c1-19(2)15-6-5-13(21(23)24)9-14(15)18(22)20(3)10-12-4-7-16-17(8-12)26-11-25-16/h4-9H,10-11H2,1-3H3. The van der Waals surface area contributed by atoms with E-state index >= 15 is 0 Å². The Morgan fingerprint density at radius 1 is 1.12 bits per heavy atom. The van der Waals surface area contributed by atoms with Crippen LogP contribution in [-0.4, -0.2) is 43.7 Å². The molecule has 1 heterocycles. The van der Waals surface area contributed by atoms with Gasteiger partial charge in [-0.15, -0.1) is 0 Å². The van der Waals surface area contributed by atoms with Crippen LogP contribution in [0.5, 0.6) is 11.5 Å². The number of non-ortho nitro benzene ring substituents is 1. The minimum absolute atomic E-state index is 0.115. The number of ether oxygens (including phenoxy) is 2. The summed E-state index contributed by atoms with van der Waals surface area (Å²) in [5.41, 5.74) is 1.67. The summed E-state index contributed by atoms with van der Waals surface area (Å²) in [5.74, 6) is 1.03. The molecule has 0 N–H and O–H groups in total. The summed E-state index contributed by atoms with van der Waals surface area (Å²) in [5, 5.41) is 11.1. The van der Waals surface area contributed by atoms with Gasteiger partial charge in [-0.1, -0.05) is 6.07 Å². The molecule has 0 atom stereocenters. The number of anilines is 1. The van der Waals surface area contributed by atoms with Gasteiger partial charge >= 0.3 is 0 Å². The van der Waals surface area contributed by atoms with Crippen molar-refractivity contribution in [2.75, 3.05) is 32.8 Å². The normalized spacial score (nSPS) is 12.0. The van der Waals surface area contributed by atoms with Crippen LogP contribution >= 0.6 is 0 Å². The molecule has 136 valence electrons. The maximum atomic E-state index is 12.9. The van der Waals surface area contributed by atoms with Crippen LogP contribution in [0.3, 0.4) is 0 Å². The second-order valence-electron chi connectivity index (χ2n) is 6.20. The largest absolute Gasteiger partial charge is 0.454 e. The van der Waals surface area contributed by atoms with Crippen LogP contribution in [0.2, 0.25) is 0 Å². The lowest BCUT2D eigenvalue weighted by Crippen LogP contribution is -2.28. The lowest BCUT2D eigenvalue weighted by molar-refractivity contribution is -0.384. The molecule has 8 heteroatoms. The highest BCUT2D eigenvalue weighted by Crippen LogP contribution is 2.33. The summed E-state index contributed by atoms with van der Waals surface area (Å²) in [6.07, 6.45) is 0. The van der Waals surface area contributed by atoms with Crippen molar-refractivity contribution in [3.8, 4) is 11.5 Å². The maximum absolute atomic E-state index is 12.9. The number of hydrogen-bond acceptors (Lipinski definition) is 6. The fourth-order valence-electron chi connectivity index (χ4n) is 2.79. The summed E-state index contributed by atoms with van der Waals surface area (Å²) >= 11 is 0. The van der Waals surface area contributed by atoms with Gasteiger partial charge in [-0.05, 0) is 23.8 Å². The lowest BCUT2D eigenvalue weighted by Gasteiger charge is -2.22. The van der Waals surface area contributed by atoms with Gasteiger partial charge in [-0.3, -0.25) is 14.9 Å². The van der Waals surface area contributed by atoms with Crippen LogP contribution in [0.25, 0.3) is 0 Å². The summed E-state index contributed by atoms with van der Waals surface area (Å²) < 4.78 is 10.6. The predicted molar refractivity (Wildman–Crippen MR) is 95.8 cm³/mol. The van der Waals surface area contributed by atoms with Gasteiger partial charge in [0.05, 0.1) is 10.5 Å². The van der Waals surface area contributed by atoms with Gasteiger partial charge in [0, 0.05) is 45.5 Å². The number of benzene rings is 2. The minimum atomic E-state index is -0.506. The van der Waals surface area contributed by atoms with Gasteiger partial charge in [0.15, 0.2) is 11.5 Å². The summed E-state index contributed by atoms with van der Waals surface area (Å²) in [7, 11) is 5.23. The second kappa shape index (κ2) is 6.91. The van der Waals surface area contributed by atoms with E-state index in [4.69, 9.17) is 9.47 Å². The molecule has 0 unspecified atom stereocenters. The molecule has 0 aromatic heterocycles. The molecule has 1 amide bonds. The molecule has 1 aliphatic heterocycles. The van der Waals surface area contributed by atoms with Crippen molar-refractivity contribution >= 4 is 17.3 Å². The fourth-order valence-corrected chi connectivity index (χ4v) is 2.79. The second-order valence-corrected chi connectivity index (χ2v) is 6.20. The monoisotopic (exact) mass is 357 g/mol. The number of nitrogens with zero attached hydrogens (tertiary/aromatic N) is 3. The Labute approximate surface area is 150 Å². The van der Waals surface area contributed by atoms with E-state index in [0.29, 0.717) is 23.7 Å². The van der Waals surface area contributed by atoms with Crippen molar-refractivity contribution < 1.29 is 19.2 Å². The molecule has 2 aromatic carbocycles. The Balaban J connectivity index is 1.85. The number of carbonyl (C=O) groups excluding carboxylic acids is 1. The average molecular weight is 357 g/mol. The van der Waals surface area contributed by atoms with Crippen LogP contribution in [0.4, 0.5) is 11.4 Å². The van der Waals surface area contributed by atoms with Crippen molar-refractivity contribution in [3.05, 3.63) is 57.6 Å². The van der Waals surface area contributed by atoms with E-state index in [2.05, 4.69) is 0 Å². The highest BCUT2D eigenvalue weighted by atomic mass is 16.7. The lowest BCUT2D eigenvalue weighted by atomic mass is 10.1. The number of carbonyl (C=O) groups is 1. The molecule has 0 radical (unpaired) electrons. The van der Waals surface area contributed by atoms with Crippen molar-refractivity contribution in [3.63, 3.8) is 0 Å². The van der Waals surface area contributed by atoms with E-state index < -0.39 is 4.92 Å². The average Bonchev–Trinajstić information content (AvgIpc) is 3.08. The molecule has 0 spiro atoms. The fraction of sp³-hybridized carbons (Fsp3) is 0.278. The first-order valence-electron chi connectivity index (χ1n) is 7.96. The molecule has 26 heavy (non-hydrogen) atoms. The highest BCUT2D eigenvalue weighted by Gasteiger charge is 2.22. The topological polar surface area (TPSA) is 85.1 Å². The quantitative estimate of drug-likeness (QED) is 0.604. The van der Waals surface area contributed by atoms with Crippen LogP contribution in [-0.2, 0) is 6.54 Å². The van der Waals surface area contributed by atoms with E-state index in [0.717, 1.165) is 5.56 Å². The van der Waals surface area contributed by atoms with E-state index in [9.17, 15) is 14.9 Å². The van der Waals surface area contributed by atoms with E-state index in [1.54, 1.807) is 38.2 Å². The molecule has 0 saturated heterocycles. The zero-order valence-electron chi connectivity index (χ0n) is 14.8. The Morgan fingerprint density at radius 2 is 1.85 bits per heavy atom. The Morgan fingerprint density at radius 3 is 2.54 bits per heavy atom. The molecule has 8 nitrogen and oxygen atoms in total. The molecular weight excluding hydrogens is 338 g/mol. The Bertz CT molecular complexity index is 866. The van der Waals surface area contributed by atoms with Crippen molar-refractivity contribution in [2.24, 2.45) is 0 Å². The van der Waals surface area contributed by atoms with Crippen molar-refractivity contribution in [1.29, 1.82) is 0 Å². The maximum Gasteiger partial charge on any atom is 0.270 e. The third-order valence-corrected chi connectivity index (χ3v) is 4.11. The third-order valence-electron chi connectivity index (χ3n) is 4.11. The molecule has 0 bridgehead atoms. The molecule has 1 aliphatic rings. The van der Waals surface area contributed by atoms with Gasteiger partial charge in [0.2, 0.25) is 6.79 Å². The Kier molecular flexibility index (Phi) is 4.66. The van der Waals surface area contributed by atoms with Gasteiger partial charge in [-0.2, -0.15) is 0 Å². The van der Waals surface area contributed by atoms with Gasteiger partial charge in [0.25, 0.3) is 11.6 Å². The molecule has 0 saturated carbocycles. The first-order chi connectivity index (χ1) is 12.4. The van der Waals surface area contributed by atoms with Crippen LogP contribution in [0.1, 0.15) is 15.9 Å². The van der Waals surface area contributed by atoms with E-state index in [-0.39, 0.29) is 24.0 Å². The predicted octanol–water partition coefficient (Wildman–Crippen LogP) is 2.66. The van der Waals surface area contributed by atoms with Crippen LogP contribution < -0.4 is 14.4 Å². The number of nitro benzene ring substituents is 1. The number of nitro groups is 1. The van der Waals surface area contributed by atoms with Crippen LogP contribution in [0.15, 0.2) is 36.4 Å². The number of amides is 1. The summed E-state index contributed by atoms with van der Waals surface area (Å²) in [4.78, 5) is 26.7. The van der Waals surface area contributed by atoms with Crippen molar-refractivity contribution in [1.82, 2.24) is 4.90 Å². The third kappa shape index (κ3) is 3.39. The number of hydrogen-bond donors (Lipinski definition) is 0. The zero-order chi connectivity index (χ0) is 18.8. The minimum Gasteiger partial charge on any atom is -0.454 e. The number of fused-ring (bicyclic) bond motifs is 1. The summed E-state index contributed by atoms with van der Waals surface area (Å²) in [6, 6.07) is 9.77. The molecule has 2 aromatic rings. The van der Waals surface area contributed by atoms with Gasteiger partial charge < -0.3 is 19.3 Å². The first kappa shape index (κ1) is 17.5. The van der Waals surface area contributed by atoms with E-state index in [1.165, 1.54) is 17.0 Å². The SMILES string of the molecule is CN(Cc1ccc2c(c1)OCO2)C(=O)c1cc([N+](=O)[O-])ccc1N(C)C. The molecule has 0 aliphatic carbocycles. The summed E-state index contributed by atoms with van der Waals surface area (Å²) in [6.45, 7) is 0.526. The molecular formula is C18H19N3O5. The first-order valence-corrected chi connectivity index (χ1v) is 7.96. The zero-order valence-corrected chi connectivity index (χ0v) is 14.8. The number of rotatable bonds is 5.